The molecule has 1 aromatic rings. The van der Waals surface area contributed by atoms with Gasteiger partial charge in [-0.25, -0.2) is 9.97 Å². The van der Waals surface area contributed by atoms with Gasteiger partial charge in [-0.2, -0.15) is 13.2 Å². The molecule has 0 saturated heterocycles. The van der Waals surface area contributed by atoms with Crippen molar-refractivity contribution < 1.29 is 18.0 Å². The summed E-state index contributed by atoms with van der Waals surface area (Å²) in [6.45, 7) is 1.74. The molecule has 7 heteroatoms. The molecule has 0 spiro atoms. The summed E-state index contributed by atoms with van der Waals surface area (Å²) >= 11 is 0. The third kappa shape index (κ3) is 2.68. The number of aromatic nitrogens is 2. The molecule has 1 N–H and O–H groups in total. The Hall–Kier alpha value is -1.66. The fourth-order valence-corrected chi connectivity index (χ4v) is 0.827. The minimum Gasteiger partial charge on any atom is -0.336 e. The van der Waals surface area contributed by atoms with E-state index < -0.39 is 17.6 Å². The van der Waals surface area contributed by atoms with Gasteiger partial charge in [0.25, 0.3) is 5.91 Å². The fourth-order valence-electron chi connectivity index (χ4n) is 0.827. The molecule has 0 aliphatic rings. The monoisotopic (exact) mass is 233 g/mol. The normalized spacial score (nSPS) is 12.3. The lowest BCUT2D eigenvalue weighted by Crippen LogP contribution is -2.54. The Labute approximate surface area is 89.9 Å². The van der Waals surface area contributed by atoms with Crippen LogP contribution in [0.3, 0.4) is 0 Å². The van der Waals surface area contributed by atoms with Crippen molar-refractivity contribution in [2.75, 3.05) is 0 Å². The Kier molecular flexibility index (Phi) is 3.16. The minimum atomic E-state index is -4.53. The van der Waals surface area contributed by atoms with Gasteiger partial charge in [0.15, 0.2) is 0 Å². The highest BCUT2D eigenvalue weighted by Crippen LogP contribution is 2.29. The maximum Gasteiger partial charge on any atom is 0.410 e. The quantitative estimate of drug-likeness (QED) is 0.843. The number of carbonyl (C=O) groups is 1. The topological polar surface area (TPSA) is 54.9 Å². The first-order chi connectivity index (χ1) is 7.24. The summed E-state index contributed by atoms with van der Waals surface area (Å²) in [5.74, 6) is -1.25. The van der Waals surface area contributed by atoms with Crippen molar-refractivity contribution in [3.63, 3.8) is 0 Å². The average Bonchev–Trinajstić information content (AvgIpc) is 2.16. The van der Waals surface area contributed by atoms with Gasteiger partial charge >= 0.3 is 6.18 Å². The fraction of sp³-hybridized carbons (Fsp3) is 0.444. The van der Waals surface area contributed by atoms with Crippen LogP contribution in [0.1, 0.15) is 24.5 Å². The lowest BCUT2D eigenvalue weighted by Gasteiger charge is -2.28. The van der Waals surface area contributed by atoms with Crippen LogP contribution in [0.2, 0.25) is 0 Å². The number of alkyl halides is 3. The van der Waals surface area contributed by atoms with Gasteiger partial charge in [-0.15, -0.1) is 0 Å². The number of nitrogens with zero attached hydrogens (tertiary/aromatic N) is 2. The average molecular weight is 233 g/mol. The third-order valence-electron chi connectivity index (χ3n) is 1.90. The zero-order chi connectivity index (χ0) is 12.4. The van der Waals surface area contributed by atoms with E-state index in [1.807, 2.05) is 5.32 Å². The summed E-state index contributed by atoms with van der Waals surface area (Å²) < 4.78 is 37.4. The maximum atomic E-state index is 12.5. The molecule has 16 heavy (non-hydrogen) atoms. The van der Waals surface area contributed by atoms with Gasteiger partial charge < -0.3 is 5.32 Å². The molecule has 0 atom stereocenters. The Balaban J connectivity index is 2.80. The number of halogens is 3. The number of nitrogens with one attached hydrogen (secondary N) is 1. The van der Waals surface area contributed by atoms with Gasteiger partial charge in [0.1, 0.15) is 5.54 Å². The summed E-state index contributed by atoms with van der Waals surface area (Å²) in [5.41, 5.74) is -2.32. The van der Waals surface area contributed by atoms with E-state index in [1.165, 1.54) is 18.5 Å². The van der Waals surface area contributed by atoms with E-state index in [4.69, 9.17) is 0 Å². The van der Waals surface area contributed by atoms with Crippen LogP contribution in [0.15, 0.2) is 18.5 Å². The zero-order valence-corrected chi connectivity index (χ0v) is 8.67. The van der Waals surface area contributed by atoms with Crippen LogP contribution >= 0.6 is 0 Å². The van der Waals surface area contributed by atoms with Gasteiger partial charge in [0, 0.05) is 12.4 Å². The Bertz CT molecular complexity index is 375. The van der Waals surface area contributed by atoms with Gasteiger partial charge in [-0.05, 0) is 19.9 Å². The molecule has 0 saturated carbocycles. The van der Waals surface area contributed by atoms with E-state index in [0.29, 0.717) is 0 Å². The van der Waals surface area contributed by atoms with Crippen LogP contribution in [0.5, 0.6) is 0 Å². The molecule has 1 aromatic heterocycles. The Morgan fingerprint density at radius 1 is 1.25 bits per heavy atom. The third-order valence-corrected chi connectivity index (χ3v) is 1.90. The summed E-state index contributed by atoms with van der Waals surface area (Å²) in [4.78, 5) is 18.5. The highest BCUT2D eigenvalue weighted by Gasteiger charge is 2.48. The molecule has 0 aliphatic heterocycles. The lowest BCUT2D eigenvalue weighted by molar-refractivity contribution is -0.182. The van der Waals surface area contributed by atoms with Crippen molar-refractivity contribution >= 4 is 5.91 Å². The van der Waals surface area contributed by atoms with E-state index in [2.05, 4.69) is 9.97 Å². The number of hydrogen-bond acceptors (Lipinski definition) is 3. The van der Waals surface area contributed by atoms with Crippen LogP contribution in [0, 0.1) is 0 Å². The van der Waals surface area contributed by atoms with Crippen LogP contribution in [0.25, 0.3) is 0 Å². The van der Waals surface area contributed by atoms with Crippen LogP contribution in [-0.4, -0.2) is 27.6 Å². The first-order valence-electron chi connectivity index (χ1n) is 4.40. The molecule has 0 unspecified atom stereocenters. The molecule has 0 aliphatic carbocycles. The van der Waals surface area contributed by atoms with Crippen molar-refractivity contribution in [2.45, 2.75) is 25.6 Å². The van der Waals surface area contributed by atoms with Crippen molar-refractivity contribution in [2.24, 2.45) is 0 Å². The molecule has 0 fully saturated rings. The summed E-state index contributed by atoms with van der Waals surface area (Å²) in [5, 5.41) is 1.82. The lowest BCUT2D eigenvalue weighted by atomic mass is 10.1. The maximum absolute atomic E-state index is 12.5. The van der Waals surface area contributed by atoms with Gasteiger partial charge in [-0.1, -0.05) is 0 Å². The second kappa shape index (κ2) is 4.07. The van der Waals surface area contributed by atoms with E-state index in [0.717, 1.165) is 13.8 Å². The second-order valence-electron chi connectivity index (χ2n) is 3.65. The molecular weight excluding hydrogens is 223 g/mol. The van der Waals surface area contributed by atoms with E-state index in [-0.39, 0.29) is 5.82 Å². The summed E-state index contributed by atoms with van der Waals surface area (Å²) in [6, 6.07) is 1.46. The minimum absolute atomic E-state index is 0.292. The summed E-state index contributed by atoms with van der Waals surface area (Å²) in [6.07, 6.45) is -1.97. The SMILES string of the molecule is CC(C)(NC(=O)c1ncccn1)C(F)(F)F. The number of rotatable bonds is 2. The smallest absolute Gasteiger partial charge is 0.336 e. The highest BCUT2D eigenvalue weighted by atomic mass is 19.4. The molecule has 1 amide bonds. The molecule has 88 valence electrons. The van der Waals surface area contributed by atoms with Gasteiger partial charge in [0.05, 0.1) is 0 Å². The Morgan fingerprint density at radius 3 is 2.19 bits per heavy atom. The molecule has 4 nitrogen and oxygen atoms in total. The van der Waals surface area contributed by atoms with E-state index in [1.54, 1.807) is 0 Å². The standard InChI is InChI=1S/C9H10F3N3O/c1-8(2,9(10,11)12)15-7(16)6-13-4-3-5-14-6/h3-5H,1-2H3,(H,15,16). The van der Waals surface area contributed by atoms with Crippen molar-refractivity contribution in [1.82, 2.24) is 15.3 Å². The first-order valence-corrected chi connectivity index (χ1v) is 4.40. The van der Waals surface area contributed by atoms with E-state index in [9.17, 15) is 18.0 Å². The van der Waals surface area contributed by atoms with E-state index >= 15 is 0 Å². The zero-order valence-electron chi connectivity index (χ0n) is 8.67. The molecule has 1 heterocycles. The first kappa shape index (κ1) is 12.4. The number of hydrogen-bond donors (Lipinski definition) is 1. The predicted octanol–water partition coefficient (Wildman–Crippen LogP) is 1.55. The predicted molar refractivity (Wildman–Crippen MR) is 49.6 cm³/mol. The molecule has 0 bridgehead atoms. The second-order valence-corrected chi connectivity index (χ2v) is 3.65. The number of carbonyl (C=O) groups excluding carboxylic acids is 1. The van der Waals surface area contributed by atoms with Crippen LogP contribution in [-0.2, 0) is 0 Å². The summed E-state index contributed by atoms with van der Waals surface area (Å²) in [7, 11) is 0. The number of amides is 1. The van der Waals surface area contributed by atoms with Crippen LogP contribution in [0.4, 0.5) is 13.2 Å². The molecule has 1 rings (SSSR count). The van der Waals surface area contributed by atoms with Crippen LogP contribution < -0.4 is 5.32 Å². The van der Waals surface area contributed by atoms with Crippen molar-refractivity contribution in [1.29, 1.82) is 0 Å². The molecular formula is C9H10F3N3O. The van der Waals surface area contributed by atoms with Gasteiger partial charge in [0.2, 0.25) is 5.82 Å². The van der Waals surface area contributed by atoms with Crippen molar-refractivity contribution in [3.05, 3.63) is 24.3 Å². The molecule has 0 radical (unpaired) electrons. The highest BCUT2D eigenvalue weighted by molar-refractivity contribution is 5.90. The Morgan fingerprint density at radius 2 is 1.75 bits per heavy atom. The van der Waals surface area contributed by atoms with Gasteiger partial charge in [-0.3, -0.25) is 4.79 Å². The van der Waals surface area contributed by atoms with Crippen molar-refractivity contribution in [3.8, 4) is 0 Å². The molecule has 0 aromatic carbocycles. The largest absolute Gasteiger partial charge is 0.410 e.